The summed E-state index contributed by atoms with van der Waals surface area (Å²) in [5.41, 5.74) is 6.57. The predicted molar refractivity (Wildman–Crippen MR) is 60.6 cm³/mol. The number of carbonyl (C=O) groups excluding carboxylic acids is 1. The highest BCUT2D eigenvalue weighted by Crippen LogP contribution is 2.14. The molecule has 0 aliphatic carbocycles. The van der Waals surface area contributed by atoms with Gasteiger partial charge in [0.1, 0.15) is 5.82 Å². The lowest BCUT2D eigenvalue weighted by Crippen LogP contribution is -2.32. The van der Waals surface area contributed by atoms with Crippen molar-refractivity contribution in [1.82, 2.24) is 4.98 Å². The fraction of sp³-hybridized carbons (Fsp3) is 0.455. The molecule has 1 atom stereocenters. The van der Waals surface area contributed by atoms with Gasteiger partial charge in [0.25, 0.3) is 0 Å². The van der Waals surface area contributed by atoms with E-state index in [1.165, 1.54) is 0 Å². The van der Waals surface area contributed by atoms with E-state index in [4.69, 9.17) is 5.73 Å². The molecule has 1 heterocycles. The maximum atomic E-state index is 11.3. The van der Waals surface area contributed by atoms with Gasteiger partial charge in [-0.15, -0.1) is 0 Å². The molecular formula is C11H17N3O. The molecule has 0 spiro atoms. The molecule has 1 aromatic rings. The molecule has 0 bridgehead atoms. The minimum absolute atomic E-state index is 0.222. The lowest BCUT2D eigenvalue weighted by molar-refractivity contribution is -0.117. The molecule has 1 rings (SSSR count). The van der Waals surface area contributed by atoms with Crippen molar-refractivity contribution in [2.45, 2.75) is 32.7 Å². The fourth-order valence-corrected chi connectivity index (χ4v) is 1.06. The Labute approximate surface area is 89.9 Å². The summed E-state index contributed by atoms with van der Waals surface area (Å²) in [4.78, 5) is 15.4. The minimum atomic E-state index is -0.517. The number of amides is 1. The summed E-state index contributed by atoms with van der Waals surface area (Å²) in [5, 5.41) is 2.63. The van der Waals surface area contributed by atoms with Crippen molar-refractivity contribution in [3.8, 4) is 0 Å². The van der Waals surface area contributed by atoms with Crippen LogP contribution in [0, 0.1) is 0 Å². The molecular weight excluding hydrogens is 190 g/mol. The van der Waals surface area contributed by atoms with Gasteiger partial charge in [-0.25, -0.2) is 4.98 Å². The van der Waals surface area contributed by atoms with Crippen LogP contribution >= 0.6 is 0 Å². The number of pyridine rings is 1. The molecule has 0 fully saturated rings. The fourth-order valence-electron chi connectivity index (χ4n) is 1.06. The van der Waals surface area contributed by atoms with Crippen LogP contribution in [0.25, 0.3) is 0 Å². The van der Waals surface area contributed by atoms with Gasteiger partial charge in [0.05, 0.1) is 6.04 Å². The molecule has 1 unspecified atom stereocenters. The minimum Gasteiger partial charge on any atom is -0.320 e. The summed E-state index contributed by atoms with van der Waals surface area (Å²) in [6, 6.07) is 3.22. The van der Waals surface area contributed by atoms with Gasteiger partial charge in [-0.05, 0) is 24.5 Å². The first-order valence-corrected chi connectivity index (χ1v) is 5.03. The monoisotopic (exact) mass is 207 g/mol. The van der Waals surface area contributed by atoms with E-state index in [9.17, 15) is 4.79 Å². The number of nitrogens with two attached hydrogens (primary N) is 1. The van der Waals surface area contributed by atoms with E-state index in [2.05, 4.69) is 24.1 Å². The highest BCUT2D eigenvalue weighted by atomic mass is 16.2. The van der Waals surface area contributed by atoms with E-state index < -0.39 is 6.04 Å². The van der Waals surface area contributed by atoms with Crippen molar-refractivity contribution < 1.29 is 4.79 Å². The highest BCUT2D eigenvalue weighted by molar-refractivity contribution is 5.93. The van der Waals surface area contributed by atoms with Crippen molar-refractivity contribution in [2.24, 2.45) is 5.73 Å². The SMILES string of the molecule is CC(N)C(=O)Nc1ccc(C(C)C)cn1. The molecule has 82 valence electrons. The Kier molecular flexibility index (Phi) is 3.80. The van der Waals surface area contributed by atoms with Crippen LogP contribution in [0.1, 0.15) is 32.3 Å². The summed E-state index contributed by atoms with van der Waals surface area (Å²) in [6.45, 7) is 5.83. The zero-order valence-electron chi connectivity index (χ0n) is 9.32. The normalized spacial score (nSPS) is 12.6. The quantitative estimate of drug-likeness (QED) is 0.789. The van der Waals surface area contributed by atoms with Crippen LogP contribution in [0.4, 0.5) is 5.82 Å². The Hall–Kier alpha value is -1.42. The van der Waals surface area contributed by atoms with E-state index in [1.54, 1.807) is 19.2 Å². The highest BCUT2D eigenvalue weighted by Gasteiger charge is 2.08. The molecule has 3 N–H and O–H groups in total. The van der Waals surface area contributed by atoms with Gasteiger partial charge in [-0.3, -0.25) is 4.79 Å². The smallest absolute Gasteiger partial charge is 0.242 e. The maximum Gasteiger partial charge on any atom is 0.242 e. The number of rotatable bonds is 3. The zero-order chi connectivity index (χ0) is 11.4. The second-order valence-electron chi connectivity index (χ2n) is 3.91. The van der Waals surface area contributed by atoms with E-state index in [0.29, 0.717) is 11.7 Å². The molecule has 4 heteroatoms. The summed E-state index contributed by atoms with van der Waals surface area (Å²) >= 11 is 0. The van der Waals surface area contributed by atoms with Gasteiger partial charge >= 0.3 is 0 Å². The van der Waals surface area contributed by atoms with Gasteiger partial charge < -0.3 is 11.1 Å². The number of aromatic nitrogens is 1. The summed E-state index contributed by atoms with van der Waals surface area (Å²) < 4.78 is 0. The number of nitrogens with one attached hydrogen (secondary N) is 1. The standard InChI is InChI=1S/C11H17N3O/c1-7(2)9-4-5-10(13-6-9)14-11(15)8(3)12/h4-8H,12H2,1-3H3,(H,13,14,15). The Bertz CT molecular complexity index is 330. The largest absolute Gasteiger partial charge is 0.320 e. The van der Waals surface area contributed by atoms with Crippen molar-refractivity contribution in [2.75, 3.05) is 5.32 Å². The Balaban J connectivity index is 2.69. The molecule has 1 amide bonds. The van der Waals surface area contributed by atoms with Crippen molar-refractivity contribution >= 4 is 11.7 Å². The van der Waals surface area contributed by atoms with Crippen molar-refractivity contribution in [3.05, 3.63) is 23.9 Å². The molecule has 0 radical (unpaired) electrons. The van der Waals surface area contributed by atoms with E-state index in [1.807, 2.05) is 6.07 Å². The number of anilines is 1. The number of hydrogen-bond acceptors (Lipinski definition) is 3. The average Bonchev–Trinajstić information content (AvgIpc) is 2.18. The van der Waals surface area contributed by atoms with Crippen LogP contribution in [0.2, 0.25) is 0 Å². The van der Waals surface area contributed by atoms with E-state index in [-0.39, 0.29) is 5.91 Å². The van der Waals surface area contributed by atoms with E-state index in [0.717, 1.165) is 5.56 Å². The Morgan fingerprint density at radius 3 is 2.47 bits per heavy atom. The average molecular weight is 207 g/mol. The molecule has 0 aromatic carbocycles. The molecule has 0 saturated carbocycles. The molecule has 0 saturated heterocycles. The molecule has 15 heavy (non-hydrogen) atoms. The third-order valence-corrected chi connectivity index (χ3v) is 2.12. The third kappa shape index (κ3) is 3.32. The maximum absolute atomic E-state index is 11.3. The van der Waals surface area contributed by atoms with Crippen LogP contribution in [0.15, 0.2) is 18.3 Å². The second kappa shape index (κ2) is 4.89. The van der Waals surface area contributed by atoms with Crippen molar-refractivity contribution in [3.63, 3.8) is 0 Å². The topological polar surface area (TPSA) is 68.0 Å². The Morgan fingerprint density at radius 1 is 1.40 bits per heavy atom. The van der Waals surface area contributed by atoms with Gasteiger partial charge in [0, 0.05) is 6.20 Å². The number of nitrogens with zero attached hydrogens (tertiary/aromatic N) is 1. The van der Waals surface area contributed by atoms with E-state index >= 15 is 0 Å². The molecule has 4 nitrogen and oxygen atoms in total. The van der Waals surface area contributed by atoms with Crippen LogP contribution in [-0.4, -0.2) is 16.9 Å². The van der Waals surface area contributed by atoms with Crippen molar-refractivity contribution in [1.29, 1.82) is 0 Å². The van der Waals surface area contributed by atoms with Gasteiger partial charge in [0.15, 0.2) is 0 Å². The van der Waals surface area contributed by atoms with Gasteiger partial charge in [-0.1, -0.05) is 19.9 Å². The zero-order valence-corrected chi connectivity index (χ0v) is 9.32. The predicted octanol–water partition coefficient (Wildman–Crippen LogP) is 1.49. The van der Waals surface area contributed by atoms with Gasteiger partial charge in [-0.2, -0.15) is 0 Å². The van der Waals surface area contributed by atoms with Crippen LogP contribution in [0.5, 0.6) is 0 Å². The van der Waals surface area contributed by atoms with Gasteiger partial charge in [0.2, 0.25) is 5.91 Å². The summed E-state index contributed by atoms with van der Waals surface area (Å²) in [6.07, 6.45) is 1.77. The Morgan fingerprint density at radius 2 is 2.07 bits per heavy atom. The lowest BCUT2D eigenvalue weighted by atomic mass is 10.1. The first kappa shape index (κ1) is 11.7. The van der Waals surface area contributed by atoms with Crippen LogP contribution in [0.3, 0.4) is 0 Å². The molecule has 0 aliphatic heterocycles. The second-order valence-corrected chi connectivity index (χ2v) is 3.91. The van der Waals surface area contributed by atoms with Crippen LogP contribution in [-0.2, 0) is 4.79 Å². The first-order valence-electron chi connectivity index (χ1n) is 5.03. The number of hydrogen-bond donors (Lipinski definition) is 2. The third-order valence-electron chi connectivity index (χ3n) is 2.12. The van der Waals surface area contributed by atoms with Crippen LogP contribution < -0.4 is 11.1 Å². The molecule has 1 aromatic heterocycles. The summed E-state index contributed by atoms with van der Waals surface area (Å²) in [7, 11) is 0. The summed E-state index contributed by atoms with van der Waals surface area (Å²) in [5.74, 6) is 0.761. The first-order chi connectivity index (χ1) is 7.00. The number of carbonyl (C=O) groups is 1. The lowest BCUT2D eigenvalue weighted by Gasteiger charge is -2.08. The molecule has 0 aliphatic rings.